The van der Waals surface area contributed by atoms with Crippen molar-refractivity contribution in [3.8, 4) is 0 Å². The lowest BCUT2D eigenvalue weighted by Crippen LogP contribution is -2.46. The minimum atomic E-state index is -0.732. The third-order valence-corrected chi connectivity index (χ3v) is 3.90. The van der Waals surface area contributed by atoms with Gasteiger partial charge in [-0.15, -0.1) is 0 Å². The van der Waals surface area contributed by atoms with Gasteiger partial charge in [0.25, 0.3) is 0 Å². The number of aliphatic carboxylic acids is 1. The fourth-order valence-electron chi connectivity index (χ4n) is 1.74. The molecule has 14 heavy (non-hydrogen) atoms. The highest BCUT2D eigenvalue weighted by Gasteiger charge is 2.28. The summed E-state index contributed by atoms with van der Waals surface area (Å²) in [7, 11) is 0. The Balaban J connectivity index is 2.44. The number of carboxylic acids is 1. The van der Waals surface area contributed by atoms with E-state index >= 15 is 0 Å². The maximum Gasteiger partial charge on any atom is 0.320 e. The Hall–Kier alpha value is -0.220. The Morgan fingerprint density at radius 3 is 2.57 bits per heavy atom. The number of rotatable bonds is 4. The van der Waals surface area contributed by atoms with Gasteiger partial charge in [-0.1, -0.05) is 20.8 Å². The highest BCUT2D eigenvalue weighted by Crippen LogP contribution is 2.26. The maximum atomic E-state index is 10.9. The Labute approximate surface area is 89.6 Å². The lowest BCUT2D eigenvalue weighted by Gasteiger charge is -2.22. The normalized spacial score (nSPS) is 29.4. The Morgan fingerprint density at radius 1 is 1.57 bits per heavy atom. The lowest BCUT2D eigenvalue weighted by molar-refractivity contribution is -0.140. The van der Waals surface area contributed by atoms with Gasteiger partial charge in [-0.3, -0.25) is 4.79 Å². The molecule has 2 N–H and O–H groups in total. The summed E-state index contributed by atoms with van der Waals surface area (Å²) in [5.74, 6) is 0.454. The van der Waals surface area contributed by atoms with Gasteiger partial charge in [-0.2, -0.15) is 11.8 Å². The van der Waals surface area contributed by atoms with E-state index in [0.717, 1.165) is 12.2 Å². The average molecular weight is 217 g/mol. The van der Waals surface area contributed by atoms with E-state index in [1.54, 1.807) is 0 Å². The molecule has 0 aliphatic carbocycles. The van der Waals surface area contributed by atoms with Crippen LogP contribution in [0.2, 0.25) is 0 Å². The van der Waals surface area contributed by atoms with Gasteiger partial charge in [-0.05, 0) is 12.3 Å². The summed E-state index contributed by atoms with van der Waals surface area (Å²) in [5.41, 5.74) is 0. The second-order valence-electron chi connectivity index (χ2n) is 4.30. The first kappa shape index (κ1) is 11.9. The third-order valence-electron chi connectivity index (χ3n) is 2.55. The molecular weight excluding hydrogens is 198 g/mol. The van der Waals surface area contributed by atoms with E-state index in [1.165, 1.54) is 0 Å². The van der Waals surface area contributed by atoms with Crippen molar-refractivity contribution in [2.45, 2.75) is 44.5 Å². The van der Waals surface area contributed by atoms with Crippen LogP contribution < -0.4 is 5.32 Å². The predicted octanol–water partition coefficient (Wildman–Crippen LogP) is 1.58. The molecule has 0 bridgehead atoms. The second kappa shape index (κ2) is 5.03. The molecule has 3 unspecified atom stereocenters. The van der Waals surface area contributed by atoms with E-state index < -0.39 is 12.0 Å². The molecule has 3 nitrogen and oxygen atoms in total. The van der Waals surface area contributed by atoms with Crippen LogP contribution in [0.15, 0.2) is 0 Å². The van der Waals surface area contributed by atoms with Crippen molar-refractivity contribution in [1.82, 2.24) is 5.32 Å². The number of carboxylic acid groups (broad SMARTS) is 1. The van der Waals surface area contributed by atoms with E-state index in [2.05, 4.69) is 12.2 Å². The van der Waals surface area contributed by atoms with Crippen molar-refractivity contribution >= 4 is 17.7 Å². The summed E-state index contributed by atoms with van der Waals surface area (Å²) in [6.45, 7) is 6.08. The van der Waals surface area contributed by atoms with Crippen molar-refractivity contribution in [3.63, 3.8) is 0 Å². The maximum absolute atomic E-state index is 10.9. The average Bonchev–Trinajstić information content (AvgIpc) is 2.46. The van der Waals surface area contributed by atoms with Crippen molar-refractivity contribution in [1.29, 1.82) is 0 Å². The largest absolute Gasteiger partial charge is 0.480 e. The van der Waals surface area contributed by atoms with Crippen LogP contribution in [0.4, 0.5) is 0 Å². The molecule has 1 fully saturated rings. The van der Waals surface area contributed by atoms with Crippen LogP contribution in [0.5, 0.6) is 0 Å². The zero-order valence-corrected chi connectivity index (χ0v) is 9.80. The summed E-state index contributed by atoms with van der Waals surface area (Å²) < 4.78 is 0. The molecule has 0 saturated carbocycles. The van der Waals surface area contributed by atoms with Crippen LogP contribution >= 0.6 is 11.8 Å². The standard InChI is InChI=1S/C10H19NO2S/c1-6(2)9(10(12)13)11-8-4-7(3)14-5-8/h6-9,11H,4-5H2,1-3H3,(H,12,13). The van der Waals surface area contributed by atoms with E-state index in [9.17, 15) is 4.79 Å². The van der Waals surface area contributed by atoms with Crippen LogP contribution in [0, 0.1) is 5.92 Å². The van der Waals surface area contributed by atoms with Crippen LogP contribution in [-0.4, -0.2) is 34.2 Å². The molecule has 3 atom stereocenters. The molecule has 1 aliphatic rings. The van der Waals surface area contributed by atoms with Crippen molar-refractivity contribution in [2.24, 2.45) is 5.92 Å². The summed E-state index contributed by atoms with van der Waals surface area (Å²) in [5, 5.41) is 12.9. The molecule has 0 aromatic heterocycles. The number of carbonyl (C=O) groups is 1. The number of nitrogens with one attached hydrogen (secondary N) is 1. The molecule has 1 saturated heterocycles. The first-order valence-electron chi connectivity index (χ1n) is 5.11. The SMILES string of the molecule is CC1CC(NC(C(=O)O)C(C)C)CS1. The van der Waals surface area contributed by atoms with Crippen molar-refractivity contribution in [2.75, 3.05) is 5.75 Å². The molecular formula is C10H19NO2S. The topological polar surface area (TPSA) is 49.3 Å². The minimum absolute atomic E-state index is 0.147. The summed E-state index contributed by atoms with van der Waals surface area (Å²) in [6.07, 6.45) is 1.08. The van der Waals surface area contributed by atoms with Gasteiger partial charge < -0.3 is 10.4 Å². The van der Waals surface area contributed by atoms with Gasteiger partial charge in [0.05, 0.1) is 0 Å². The summed E-state index contributed by atoms with van der Waals surface area (Å²) in [4.78, 5) is 10.9. The molecule has 0 aromatic rings. The highest BCUT2D eigenvalue weighted by molar-refractivity contribution is 8.00. The highest BCUT2D eigenvalue weighted by atomic mass is 32.2. The quantitative estimate of drug-likeness (QED) is 0.750. The van der Waals surface area contributed by atoms with E-state index in [4.69, 9.17) is 5.11 Å². The molecule has 0 amide bonds. The van der Waals surface area contributed by atoms with Gasteiger partial charge in [0.15, 0.2) is 0 Å². The molecule has 1 aliphatic heterocycles. The Kier molecular flexibility index (Phi) is 4.26. The van der Waals surface area contributed by atoms with Crippen LogP contribution in [0.3, 0.4) is 0 Å². The fourth-order valence-corrected chi connectivity index (χ4v) is 2.90. The summed E-state index contributed by atoms with van der Waals surface area (Å²) in [6, 6.07) is -0.0237. The molecule has 0 spiro atoms. The lowest BCUT2D eigenvalue weighted by atomic mass is 10.0. The molecule has 1 heterocycles. The zero-order chi connectivity index (χ0) is 10.7. The third kappa shape index (κ3) is 3.17. The van der Waals surface area contributed by atoms with Gasteiger partial charge in [0.1, 0.15) is 6.04 Å². The molecule has 82 valence electrons. The van der Waals surface area contributed by atoms with Crippen LogP contribution in [-0.2, 0) is 4.79 Å². The zero-order valence-electron chi connectivity index (χ0n) is 8.99. The Bertz CT molecular complexity index is 208. The second-order valence-corrected chi connectivity index (χ2v) is 5.77. The van der Waals surface area contributed by atoms with Crippen LogP contribution in [0.25, 0.3) is 0 Å². The van der Waals surface area contributed by atoms with E-state index in [0.29, 0.717) is 11.3 Å². The summed E-state index contributed by atoms with van der Waals surface area (Å²) >= 11 is 1.92. The molecule has 1 rings (SSSR count). The molecule has 0 aromatic carbocycles. The van der Waals surface area contributed by atoms with Gasteiger partial charge in [-0.25, -0.2) is 0 Å². The van der Waals surface area contributed by atoms with E-state index in [1.807, 2.05) is 25.6 Å². The minimum Gasteiger partial charge on any atom is -0.480 e. The van der Waals surface area contributed by atoms with Gasteiger partial charge in [0.2, 0.25) is 0 Å². The number of hydrogen-bond donors (Lipinski definition) is 2. The monoisotopic (exact) mass is 217 g/mol. The first-order chi connectivity index (χ1) is 6.50. The molecule has 4 heteroatoms. The molecule has 0 radical (unpaired) electrons. The smallest absolute Gasteiger partial charge is 0.320 e. The number of thioether (sulfide) groups is 1. The van der Waals surface area contributed by atoms with E-state index in [-0.39, 0.29) is 5.92 Å². The predicted molar refractivity (Wildman–Crippen MR) is 59.7 cm³/mol. The van der Waals surface area contributed by atoms with Gasteiger partial charge in [0, 0.05) is 17.0 Å². The van der Waals surface area contributed by atoms with Crippen LogP contribution in [0.1, 0.15) is 27.2 Å². The number of hydrogen-bond acceptors (Lipinski definition) is 3. The first-order valence-corrected chi connectivity index (χ1v) is 6.16. The Morgan fingerprint density at radius 2 is 2.21 bits per heavy atom. The van der Waals surface area contributed by atoms with Crippen molar-refractivity contribution < 1.29 is 9.90 Å². The van der Waals surface area contributed by atoms with Gasteiger partial charge >= 0.3 is 5.97 Å². The fraction of sp³-hybridized carbons (Fsp3) is 0.900. The van der Waals surface area contributed by atoms with Crippen molar-refractivity contribution in [3.05, 3.63) is 0 Å².